The highest BCUT2D eigenvalue weighted by Gasteiger charge is 2.26. The third kappa shape index (κ3) is 3.78. The van der Waals surface area contributed by atoms with Gasteiger partial charge in [-0.2, -0.15) is 0 Å². The van der Waals surface area contributed by atoms with E-state index in [1.54, 1.807) is 0 Å². The second-order valence-corrected chi connectivity index (χ2v) is 7.10. The predicted octanol–water partition coefficient (Wildman–Crippen LogP) is 4.36. The van der Waals surface area contributed by atoms with Gasteiger partial charge in [-0.1, -0.05) is 36.4 Å². The van der Waals surface area contributed by atoms with Crippen LogP contribution in [0.3, 0.4) is 0 Å². The van der Waals surface area contributed by atoms with Gasteiger partial charge in [-0.15, -0.1) is 0 Å². The largest absolute Gasteiger partial charge is 0.475 e. The lowest BCUT2D eigenvalue weighted by Gasteiger charge is -2.23. The standard InChI is InChI=1S/C22H23F2N3O/c1-25-27-17-11-9-15(10-12-17)14-5-7-16(8-6-14)20-13-28-22(26-20)21-18(23)3-2-4-19(21)24/h2-8,11,15,20,25,27H,9-10,12-13H2,1H3. The van der Waals surface area contributed by atoms with Crippen LogP contribution >= 0.6 is 0 Å². The molecule has 4 nitrogen and oxygen atoms in total. The number of nitrogens with one attached hydrogen (secondary N) is 2. The summed E-state index contributed by atoms with van der Waals surface area (Å²) in [6, 6.07) is 11.8. The Morgan fingerprint density at radius 2 is 1.75 bits per heavy atom. The number of hydrogen-bond donors (Lipinski definition) is 2. The Morgan fingerprint density at radius 3 is 2.39 bits per heavy atom. The van der Waals surface area contributed by atoms with Gasteiger partial charge in [0.2, 0.25) is 5.90 Å². The fourth-order valence-corrected chi connectivity index (χ4v) is 3.78. The Labute approximate surface area is 163 Å². The first-order chi connectivity index (χ1) is 13.7. The molecule has 2 aromatic carbocycles. The van der Waals surface area contributed by atoms with Crippen molar-refractivity contribution in [2.45, 2.75) is 31.2 Å². The van der Waals surface area contributed by atoms with Crippen molar-refractivity contribution in [2.75, 3.05) is 13.7 Å². The van der Waals surface area contributed by atoms with Crippen molar-refractivity contribution in [3.05, 3.63) is 82.6 Å². The van der Waals surface area contributed by atoms with Crippen LogP contribution in [0, 0.1) is 11.6 Å². The Kier molecular flexibility index (Phi) is 5.39. The van der Waals surface area contributed by atoms with Crippen molar-refractivity contribution in [3.8, 4) is 0 Å². The molecule has 0 amide bonds. The molecule has 0 fully saturated rings. The Morgan fingerprint density at radius 1 is 1.04 bits per heavy atom. The van der Waals surface area contributed by atoms with Crippen molar-refractivity contribution >= 4 is 5.90 Å². The van der Waals surface area contributed by atoms with Crippen LogP contribution in [0.15, 0.2) is 59.2 Å². The van der Waals surface area contributed by atoms with Gasteiger partial charge in [-0.05, 0) is 48.4 Å². The number of aliphatic imine (C=N–C) groups is 1. The molecule has 28 heavy (non-hydrogen) atoms. The van der Waals surface area contributed by atoms with Gasteiger partial charge in [0.05, 0.1) is 0 Å². The van der Waals surface area contributed by atoms with E-state index in [0.717, 1.165) is 24.8 Å². The first-order valence-electron chi connectivity index (χ1n) is 9.52. The number of nitrogens with zero attached hydrogens (tertiary/aromatic N) is 1. The summed E-state index contributed by atoms with van der Waals surface area (Å²) in [5.74, 6) is -0.783. The number of ether oxygens (including phenoxy) is 1. The SMILES string of the molecule is CNNC1=CCC(c2ccc(C3COC(c4c(F)cccc4F)=N3)cc2)CC1. The fourth-order valence-electron chi connectivity index (χ4n) is 3.78. The molecule has 6 heteroatoms. The molecule has 0 bridgehead atoms. The third-order valence-corrected chi connectivity index (χ3v) is 5.32. The van der Waals surface area contributed by atoms with Crippen LogP contribution in [0.4, 0.5) is 8.78 Å². The summed E-state index contributed by atoms with van der Waals surface area (Å²) >= 11 is 0. The minimum atomic E-state index is -0.660. The summed E-state index contributed by atoms with van der Waals surface area (Å²) in [6.45, 7) is 0.285. The number of allylic oxidation sites excluding steroid dienone is 2. The molecule has 0 radical (unpaired) electrons. The molecular formula is C22H23F2N3O. The summed E-state index contributed by atoms with van der Waals surface area (Å²) in [6.07, 6.45) is 5.36. The molecule has 1 heterocycles. The van der Waals surface area contributed by atoms with Gasteiger partial charge in [0, 0.05) is 12.7 Å². The normalized spacial score (nSPS) is 21.7. The average molecular weight is 383 g/mol. The summed E-state index contributed by atoms with van der Waals surface area (Å²) in [5, 5.41) is 0. The molecule has 0 saturated carbocycles. The molecule has 0 aromatic heterocycles. The van der Waals surface area contributed by atoms with E-state index in [9.17, 15) is 8.78 Å². The van der Waals surface area contributed by atoms with Crippen LogP contribution in [0.5, 0.6) is 0 Å². The molecule has 146 valence electrons. The lowest BCUT2D eigenvalue weighted by atomic mass is 9.86. The Balaban J connectivity index is 1.47. The Bertz CT molecular complexity index is 888. The van der Waals surface area contributed by atoms with Gasteiger partial charge >= 0.3 is 0 Å². The van der Waals surface area contributed by atoms with E-state index in [2.05, 4.69) is 34.1 Å². The minimum Gasteiger partial charge on any atom is -0.475 e. The summed E-state index contributed by atoms with van der Waals surface area (Å²) < 4.78 is 33.4. The summed E-state index contributed by atoms with van der Waals surface area (Å²) in [5.41, 5.74) is 9.45. The quantitative estimate of drug-likeness (QED) is 0.754. The van der Waals surface area contributed by atoms with Crippen LogP contribution < -0.4 is 10.9 Å². The maximum Gasteiger partial charge on any atom is 0.222 e. The summed E-state index contributed by atoms with van der Waals surface area (Å²) in [4.78, 5) is 4.41. The second kappa shape index (κ2) is 8.10. The van der Waals surface area contributed by atoms with Crippen LogP contribution in [0.2, 0.25) is 0 Å². The zero-order chi connectivity index (χ0) is 19.5. The maximum absolute atomic E-state index is 14.0. The van der Waals surface area contributed by atoms with Gasteiger partial charge < -0.3 is 10.2 Å². The average Bonchev–Trinajstić information content (AvgIpc) is 3.19. The number of hydrazine groups is 1. The fraction of sp³-hybridized carbons (Fsp3) is 0.318. The first-order valence-corrected chi connectivity index (χ1v) is 9.52. The number of halogens is 2. The molecule has 2 aliphatic rings. The first kappa shape index (κ1) is 18.6. The van der Waals surface area contributed by atoms with Crippen molar-refractivity contribution < 1.29 is 13.5 Å². The molecule has 2 N–H and O–H groups in total. The second-order valence-electron chi connectivity index (χ2n) is 7.10. The number of rotatable bonds is 5. The molecule has 2 unspecified atom stereocenters. The molecule has 1 aliphatic heterocycles. The molecule has 4 rings (SSSR count). The van der Waals surface area contributed by atoms with Crippen molar-refractivity contribution in [1.29, 1.82) is 0 Å². The van der Waals surface area contributed by atoms with E-state index in [0.29, 0.717) is 5.92 Å². The van der Waals surface area contributed by atoms with Gasteiger partial charge in [0.1, 0.15) is 29.8 Å². The zero-order valence-electron chi connectivity index (χ0n) is 15.7. The highest BCUT2D eigenvalue weighted by Crippen LogP contribution is 2.33. The van der Waals surface area contributed by atoms with Gasteiger partial charge in [-0.3, -0.25) is 0 Å². The van der Waals surface area contributed by atoms with Crippen molar-refractivity contribution in [2.24, 2.45) is 4.99 Å². The lowest BCUT2D eigenvalue weighted by Crippen LogP contribution is -2.28. The molecular weight excluding hydrogens is 360 g/mol. The summed E-state index contributed by atoms with van der Waals surface area (Å²) in [7, 11) is 1.87. The number of benzene rings is 2. The van der Waals surface area contributed by atoms with E-state index >= 15 is 0 Å². The highest BCUT2D eigenvalue weighted by molar-refractivity contribution is 5.95. The maximum atomic E-state index is 14.0. The van der Waals surface area contributed by atoms with Crippen LogP contribution in [0.1, 0.15) is 47.9 Å². The monoisotopic (exact) mass is 383 g/mol. The highest BCUT2D eigenvalue weighted by atomic mass is 19.1. The molecule has 2 atom stereocenters. The number of hydrogen-bond acceptors (Lipinski definition) is 4. The lowest BCUT2D eigenvalue weighted by molar-refractivity contribution is 0.317. The van der Waals surface area contributed by atoms with Crippen LogP contribution in [0.25, 0.3) is 0 Å². The zero-order valence-corrected chi connectivity index (χ0v) is 15.7. The van der Waals surface area contributed by atoms with Gasteiger partial charge in [0.15, 0.2) is 0 Å². The third-order valence-electron chi connectivity index (χ3n) is 5.32. The van der Waals surface area contributed by atoms with Crippen molar-refractivity contribution in [1.82, 2.24) is 10.9 Å². The van der Waals surface area contributed by atoms with Crippen molar-refractivity contribution in [3.63, 3.8) is 0 Å². The van der Waals surface area contributed by atoms with E-state index < -0.39 is 11.6 Å². The predicted molar refractivity (Wildman–Crippen MR) is 105 cm³/mol. The minimum absolute atomic E-state index is 0.0339. The van der Waals surface area contributed by atoms with Gasteiger partial charge in [0.25, 0.3) is 0 Å². The van der Waals surface area contributed by atoms with E-state index in [1.165, 1.54) is 29.5 Å². The van der Waals surface area contributed by atoms with Crippen LogP contribution in [-0.4, -0.2) is 19.6 Å². The molecule has 0 spiro atoms. The van der Waals surface area contributed by atoms with E-state index in [-0.39, 0.29) is 24.1 Å². The molecule has 0 saturated heterocycles. The van der Waals surface area contributed by atoms with Crippen LogP contribution in [-0.2, 0) is 4.74 Å². The smallest absolute Gasteiger partial charge is 0.222 e. The Hall–Kier alpha value is -2.73. The molecule has 1 aliphatic carbocycles. The molecule has 2 aromatic rings. The van der Waals surface area contributed by atoms with E-state index in [1.807, 2.05) is 19.2 Å². The van der Waals surface area contributed by atoms with E-state index in [4.69, 9.17) is 4.74 Å². The topological polar surface area (TPSA) is 45.6 Å². The van der Waals surface area contributed by atoms with Gasteiger partial charge in [-0.25, -0.2) is 19.2 Å².